The molecule has 3 heterocycles. The summed E-state index contributed by atoms with van der Waals surface area (Å²) in [5.41, 5.74) is 14.0. The quantitative estimate of drug-likeness (QED) is 0.163. The Morgan fingerprint density at radius 3 is 1.58 bits per heavy atom. The molecule has 0 spiro atoms. The Bertz CT molecular complexity index is 3180. The van der Waals surface area contributed by atoms with Gasteiger partial charge >= 0.3 is 0 Å². The lowest BCUT2D eigenvalue weighted by Crippen LogP contribution is -2.09. The predicted octanol–water partition coefficient (Wildman–Crippen LogP) is 14.4. The first-order chi connectivity index (χ1) is 28.2. The summed E-state index contributed by atoms with van der Waals surface area (Å²) in [6.07, 6.45) is 1.71. The molecule has 0 aliphatic heterocycles. The van der Waals surface area contributed by atoms with Crippen molar-refractivity contribution in [3.05, 3.63) is 200 Å². The maximum Gasteiger partial charge on any atom is 0.247 e. The van der Waals surface area contributed by atoms with Crippen LogP contribution in [0.3, 0.4) is 0 Å². The first kappa shape index (κ1) is 32.7. The van der Waals surface area contributed by atoms with Crippen molar-refractivity contribution in [1.29, 1.82) is 0 Å². The Morgan fingerprint density at radius 2 is 0.895 bits per heavy atom. The second-order valence-electron chi connectivity index (χ2n) is 14.3. The highest BCUT2D eigenvalue weighted by Gasteiger charge is 2.15. The van der Waals surface area contributed by atoms with E-state index in [-0.39, 0.29) is 0 Å². The molecule has 57 heavy (non-hydrogen) atoms. The van der Waals surface area contributed by atoms with Crippen molar-refractivity contribution in [2.75, 3.05) is 4.90 Å². The summed E-state index contributed by atoms with van der Waals surface area (Å²) in [4.78, 5) is 11.2. The van der Waals surface area contributed by atoms with Crippen molar-refractivity contribution in [1.82, 2.24) is 9.97 Å². The van der Waals surface area contributed by atoms with Gasteiger partial charge in [0.15, 0.2) is 0 Å². The third-order valence-electron chi connectivity index (χ3n) is 10.8. The first-order valence-corrected chi connectivity index (χ1v) is 19.0. The number of hydrogen-bond acceptors (Lipinski definition) is 5. The van der Waals surface area contributed by atoms with Crippen LogP contribution in [0.25, 0.3) is 88.8 Å². The molecule has 5 heteroatoms. The number of anilines is 3. The van der Waals surface area contributed by atoms with Gasteiger partial charge in [-0.15, -0.1) is 0 Å². The molecule has 0 aliphatic rings. The maximum absolute atomic E-state index is 6.22. The van der Waals surface area contributed by atoms with E-state index in [9.17, 15) is 0 Å². The minimum atomic E-state index is 0.541. The molecule has 268 valence electrons. The van der Waals surface area contributed by atoms with Crippen molar-refractivity contribution in [3.8, 4) is 44.8 Å². The van der Waals surface area contributed by atoms with Gasteiger partial charge in [0, 0.05) is 39.6 Å². The summed E-state index contributed by atoms with van der Waals surface area (Å²) in [7, 11) is 0. The monoisotopic (exact) mass is 731 g/mol. The van der Waals surface area contributed by atoms with Crippen LogP contribution in [0.5, 0.6) is 0 Å². The Morgan fingerprint density at radius 1 is 0.368 bits per heavy atom. The molecule has 11 aromatic rings. The van der Waals surface area contributed by atoms with Crippen LogP contribution in [0.4, 0.5) is 17.1 Å². The van der Waals surface area contributed by atoms with Gasteiger partial charge in [0.05, 0.1) is 0 Å². The Hall–Kier alpha value is -7.76. The average Bonchev–Trinajstić information content (AvgIpc) is 3.89. The van der Waals surface area contributed by atoms with Crippen LogP contribution in [-0.4, -0.2) is 9.97 Å². The highest BCUT2D eigenvalue weighted by Crippen LogP contribution is 2.39. The van der Waals surface area contributed by atoms with E-state index >= 15 is 0 Å². The van der Waals surface area contributed by atoms with Crippen LogP contribution in [0, 0.1) is 0 Å². The lowest BCUT2D eigenvalue weighted by Gasteiger charge is -2.26. The van der Waals surface area contributed by atoms with Gasteiger partial charge in [-0.3, -0.25) is 0 Å². The molecule has 0 radical (unpaired) electrons. The Labute approximate surface area is 328 Å². The summed E-state index contributed by atoms with van der Waals surface area (Å²) >= 11 is 0. The number of para-hydroxylation sites is 1. The standard InChI is InChI=1S/C52H33N3O2/c1-2-7-40-32-41(16-13-34(40)6-1)37-19-26-44(27-20-37)55(45-28-21-38(22-29-45)42-23-30-47-46-8-3-4-10-49(46)56-50(47)33-42)43-24-17-36(18-25-43)35-11-14-39(15-12-35)51-54-48-9-5-31-53-52(48)57-51/h1-33H. The zero-order valence-corrected chi connectivity index (χ0v) is 30.7. The van der Waals surface area contributed by atoms with E-state index in [4.69, 9.17) is 8.83 Å². The summed E-state index contributed by atoms with van der Waals surface area (Å²) < 4.78 is 12.1. The highest BCUT2D eigenvalue weighted by molar-refractivity contribution is 6.06. The van der Waals surface area contributed by atoms with Gasteiger partial charge in [-0.25, -0.2) is 9.97 Å². The first-order valence-electron chi connectivity index (χ1n) is 19.0. The summed E-state index contributed by atoms with van der Waals surface area (Å²) in [6.45, 7) is 0. The zero-order chi connectivity index (χ0) is 37.7. The molecule has 0 saturated carbocycles. The third-order valence-corrected chi connectivity index (χ3v) is 10.8. The molecular formula is C52H33N3O2. The number of furan rings is 1. The van der Waals surface area contributed by atoms with Crippen molar-refractivity contribution < 1.29 is 8.83 Å². The molecule has 0 saturated heterocycles. The minimum Gasteiger partial charge on any atom is -0.456 e. The predicted molar refractivity (Wildman–Crippen MR) is 233 cm³/mol. The molecule has 0 unspecified atom stereocenters. The third kappa shape index (κ3) is 5.99. The molecule has 5 nitrogen and oxygen atoms in total. The van der Waals surface area contributed by atoms with E-state index in [0.29, 0.717) is 11.6 Å². The van der Waals surface area contributed by atoms with Crippen LogP contribution in [0.2, 0.25) is 0 Å². The van der Waals surface area contributed by atoms with Crippen LogP contribution >= 0.6 is 0 Å². The van der Waals surface area contributed by atoms with Crippen molar-refractivity contribution >= 4 is 61.0 Å². The normalized spacial score (nSPS) is 11.5. The van der Waals surface area contributed by atoms with Gasteiger partial charge in [0.2, 0.25) is 11.6 Å². The van der Waals surface area contributed by atoms with Gasteiger partial charge in [-0.05, 0) is 129 Å². The van der Waals surface area contributed by atoms with Crippen LogP contribution in [0.1, 0.15) is 0 Å². The number of nitrogens with zero attached hydrogens (tertiary/aromatic N) is 3. The smallest absolute Gasteiger partial charge is 0.247 e. The van der Waals surface area contributed by atoms with E-state index in [1.54, 1.807) is 6.20 Å². The molecule has 0 N–H and O–H groups in total. The van der Waals surface area contributed by atoms with Gasteiger partial charge in [0.1, 0.15) is 16.7 Å². The molecule has 0 atom stereocenters. The lowest BCUT2D eigenvalue weighted by molar-refractivity contribution is 0.608. The van der Waals surface area contributed by atoms with Crippen LogP contribution in [0.15, 0.2) is 209 Å². The van der Waals surface area contributed by atoms with Crippen molar-refractivity contribution in [3.63, 3.8) is 0 Å². The molecule has 11 rings (SSSR count). The molecule has 8 aromatic carbocycles. The van der Waals surface area contributed by atoms with Crippen molar-refractivity contribution in [2.45, 2.75) is 0 Å². The second-order valence-corrected chi connectivity index (χ2v) is 14.3. The van der Waals surface area contributed by atoms with E-state index < -0.39 is 0 Å². The molecule has 0 bridgehead atoms. The minimum absolute atomic E-state index is 0.541. The van der Waals surface area contributed by atoms with E-state index in [1.807, 2.05) is 36.4 Å². The lowest BCUT2D eigenvalue weighted by atomic mass is 10.0. The zero-order valence-electron chi connectivity index (χ0n) is 30.7. The highest BCUT2D eigenvalue weighted by atomic mass is 16.4. The van der Waals surface area contributed by atoms with E-state index in [1.165, 1.54) is 21.9 Å². The molecule has 0 fully saturated rings. The number of oxazole rings is 1. The number of benzene rings is 8. The van der Waals surface area contributed by atoms with Gasteiger partial charge in [0.25, 0.3) is 0 Å². The average molecular weight is 732 g/mol. The summed E-state index contributed by atoms with van der Waals surface area (Å²) in [5, 5.41) is 4.74. The van der Waals surface area contributed by atoms with E-state index in [2.05, 4.69) is 173 Å². The van der Waals surface area contributed by atoms with E-state index in [0.717, 1.165) is 72.3 Å². The van der Waals surface area contributed by atoms with Crippen LogP contribution in [-0.2, 0) is 0 Å². The second kappa shape index (κ2) is 13.5. The number of aromatic nitrogens is 2. The molecule has 3 aromatic heterocycles. The number of fused-ring (bicyclic) bond motifs is 5. The molecule has 0 aliphatic carbocycles. The fraction of sp³-hybridized carbons (Fsp3) is 0. The fourth-order valence-corrected chi connectivity index (χ4v) is 7.83. The number of hydrogen-bond donors (Lipinski definition) is 0. The Kier molecular flexibility index (Phi) is 7.74. The van der Waals surface area contributed by atoms with Gasteiger partial charge in [-0.1, -0.05) is 109 Å². The summed E-state index contributed by atoms with van der Waals surface area (Å²) in [5.74, 6) is 0.564. The SMILES string of the molecule is c1ccc2cc(-c3ccc(N(c4ccc(-c5ccc(-c6nc7cccnc7o6)cc5)cc4)c4ccc(-c5ccc6c(c5)oc5ccccc56)cc4)cc3)ccc2c1. The van der Waals surface area contributed by atoms with Crippen LogP contribution < -0.4 is 4.90 Å². The molecular weight excluding hydrogens is 699 g/mol. The number of pyridine rings is 1. The maximum atomic E-state index is 6.22. The largest absolute Gasteiger partial charge is 0.456 e. The van der Waals surface area contributed by atoms with Crippen molar-refractivity contribution in [2.24, 2.45) is 0 Å². The number of rotatable bonds is 7. The topological polar surface area (TPSA) is 55.3 Å². The van der Waals surface area contributed by atoms with Gasteiger partial charge < -0.3 is 13.7 Å². The van der Waals surface area contributed by atoms with Gasteiger partial charge in [-0.2, -0.15) is 0 Å². The Balaban J connectivity index is 0.927. The fourth-order valence-electron chi connectivity index (χ4n) is 7.83. The molecule has 0 amide bonds. The summed E-state index contributed by atoms with van der Waals surface area (Å²) in [6, 6.07) is 68.3.